The van der Waals surface area contributed by atoms with Crippen LogP contribution in [0.4, 0.5) is 4.39 Å². The molecule has 2 nitrogen and oxygen atoms in total. The van der Waals surface area contributed by atoms with Gasteiger partial charge in [0.25, 0.3) is 0 Å². The van der Waals surface area contributed by atoms with E-state index in [1.54, 1.807) is 23.5 Å². The molecule has 0 amide bonds. The number of thiophene rings is 1. The van der Waals surface area contributed by atoms with Gasteiger partial charge in [-0.05, 0) is 44.0 Å². The van der Waals surface area contributed by atoms with Crippen LogP contribution in [0.2, 0.25) is 5.02 Å². The molecular formula is C14H16ClFN2S. The SMILES string of the molecule is Cc1cc(C(Cc2c(F)cccc2Cl)NN)sc1C. The van der Waals surface area contributed by atoms with Gasteiger partial charge in [0.05, 0.1) is 6.04 Å². The fourth-order valence-corrected chi connectivity index (χ4v) is 3.29. The molecule has 0 bridgehead atoms. The lowest BCUT2D eigenvalue weighted by Crippen LogP contribution is -2.29. The Morgan fingerprint density at radius 1 is 1.42 bits per heavy atom. The lowest BCUT2D eigenvalue weighted by atomic mass is 10.0. The van der Waals surface area contributed by atoms with Crippen LogP contribution < -0.4 is 11.3 Å². The molecule has 2 aromatic rings. The smallest absolute Gasteiger partial charge is 0.127 e. The molecule has 5 heteroatoms. The number of hydrazine groups is 1. The molecule has 0 saturated heterocycles. The van der Waals surface area contributed by atoms with Gasteiger partial charge in [0.1, 0.15) is 5.82 Å². The van der Waals surface area contributed by atoms with Crippen LogP contribution in [0.25, 0.3) is 0 Å². The fraction of sp³-hybridized carbons (Fsp3) is 0.286. The van der Waals surface area contributed by atoms with Gasteiger partial charge in [-0.1, -0.05) is 17.7 Å². The highest BCUT2D eigenvalue weighted by molar-refractivity contribution is 7.12. The van der Waals surface area contributed by atoms with Crippen molar-refractivity contribution < 1.29 is 4.39 Å². The zero-order valence-corrected chi connectivity index (χ0v) is 12.4. The monoisotopic (exact) mass is 298 g/mol. The Hall–Kier alpha value is -0.940. The highest BCUT2D eigenvalue weighted by atomic mass is 35.5. The van der Waals surface area contributed by atoms with E-state index in [1.165, 1.54) is 16.5 Å². The first-order chi connectivity index (χ1) is 9.02. The summed E-state index contributed by atoms with van der Waals surface area (Å²) in [4.78, 5) is 2.34. The summed E-state index contributed by atoms with van der Waals surface area (Å²) in [5, 5.41) is 0.435. The van der Waals surface area contributed by atoms with Crippen molar-refractivity contribution in [2.24, 2.45) is 5.84 Å². The largest absolute Gasteiger partial charge is 0.271 e. The van der Waals surface area contributed by atoms with Crippen LogP contribution in [0.1, 0.15) is 26.9 Å². The normalized spacial score (nSPS) is 12.7. The molecule has 1 aromatic carbocycles. The third-order valence-corrected chi connectivity index (χ3v) is 4.82. The van der Waals surface area contributed by atoms with E-state index in [1.807, 2.05) is 0 Å². The van der Waals surface area contributed by atoms with E-state index in [-0.39, 0.29) is 11.9 Å². The molecule has 0 radical (unpaired) electrons. The zero-order chi connectivity index (χ0) is 14.0. The second kappa shape index (κ2) is 6.01. The van der Waals surface area contributed by atoms with Crippen LogP contribution in [0.15, 0.2) is 24.3 Å². The van der Waals surface area contributed by atoms with Gasteiger partial charge in [-0.15, -0.1) is 11.3 Å². The molecule has 0 aliphatic carbocycles. The summed E-state index contributed by atoms with van der Waals surface area (Å²) < 4.78 is 13.8. The van der Waals surface area contributed by atoms with Crippen molar-refractivity contribution in [3.63, 3.8) is 0 Å². The minimum atomic E-state index is -0.294. The number of halogens is 2. The highest BCUT2D eigenvalue weighted by Crippen LogP contribution is 2.30. The van der Waals surface area contributed by atoms with Crippen molar-refractivity contribution >= 4 is 22.9 Å². The second-order valence-electron chi connectivity index (χ2n) is 4.51. The summed E-state index contributed by atoms with van der Waals surface area (Å²) in [7, 11) is 0. The summed E-state index contributed by atoms with van der Waals surface area (Å²) in [6.45, 7) is 4.12. The van der Waals surface area contributed by atoms with E-state index < -0.39 is 0 Å². The number of aryl methyl sites for hydroxylation is 2. The van der Waals surface area contributed by atoms with Gasteiger partial charge < -0.3 is 0 Å². The standard InChI is InChI=1S/C14H16ClFN2S/c1-8-6-14(19-9(8)2)13(18-17)7-10-11(15)4-3-5-12(10)16/h3-6,13,18H,7,17H2,1-2H3. The first-order valence-corrected chi connectivity index (χ1v) is 7.18. The van der Waals surface area contributed by atoms with E-state index in [9.17, 15) is 4.39 Å². The Kier molecular flexibility index (Phi) is 4.58. The van der Waals surface area contributed by atoms with E-state index in [2.05, 4.69) is 25.3 Å². The van der Waals surface area contributed by atoms with Gasteiger partial charge >= 0.3 is 0 Å². The predicted molar refractivity (Wildman–Crippen MR) is 79.0 cm³/mol. The molecule has 2 rings (SSSR count). The highest BCUT2D eigenvalue weighted by Gasteiger charge is 2.17. The molecule has 0 saturated carbocycles. The van der Waals surface area contributed by atoms with Crippen LogP contribution in [-0.4, -0.2) is 0 Å². The summed E-state index contributed by atoms with van der Waals surface area (Å²) in [5.41, 5.74) is 4.47. The van der Waals surface area contributed by atoms with Crippen molar-refractivity contribution in [3.05, 3.63) is 56.0 Å². The maximum Gasteiger partial charge on any atom is 0.127 e. The van der Waals surface area contributed by atoms with E-state index >= 15 is 0 Å². The topological polar surface area (TPSA) is 38.0 Å². The van der Waals surface area contributed by atoms with Gasteiger partial charge in [-0.2, -0.15) is 0 Å². The minimum absolute atomic E-state index is 0.133. The second-order valence-corrected chi connectivity index (χ2v) is 6.21. The molecular weight excluding hydrogens is 283 g/mol. The van der Waals surface area contributed by atoms with Crippen LogP contribution in [0.5, 0.6) is 0 Å². The third kappa shape index (κ3) is 3.15. The Morgan fingerprint density at radius 3 is 2.68 bits per heavy atom. The molecule has 3 N–H and O–H groups in total. The lowest BCUT2D eigenvalue weighted by molar-refractivity contribution is 0.535. The quantitative estimate of drug-likeness (QED) is 0.663. The Balaban J connectivity index is 2.29. The predicted octanol–water partition coefficient (Wildman–Crippen LogP) is 3.90. The molecule has 0 aliphatic heterocycles. The number of nitrogens with one attached hydrogen (secondary N) is 1. The van der Waals surface area contributed by atoms with Gasteiger partial charge in [0.15, 0.2) is 0 Å². The van der Waals surface area contributed by atoms with Crippen molar-refractivity contribution in [1.29, 1.82) is 0 Å². The zero-order valence-electron chi connectivity index (χ0n) is 10.8. The number of hydrogen-bond acceptors (Lipinski definition) is 3. The number of rotatable bonds is 4. The summed E-state index contributed by atoms with van der Waals surface area (Å²) >= 11 is 7.72. The lowest BCUT2D eigenvalue weighted by Gasteiger charge is -2.15. The number of hydrogen-bond donors (Lipinski definition) is 2. The average molecular weight is 299 g/mol. The third-order valence-electron chi connectivity index (χ3n) is 3.20. The number of benzene rings is 1. The maximum absolute atomic E-state index is 13.8. The minimum Gasteiger partial charge on any atom is -0.271 e. The van der Waals surface area contributed by atoms with Crippen molar-refractivity contribution in [2.45, 2.75) is 26.3 Å². The molecule has 19 heavy (non-hydrogen) atoms. The van der Waals surface area contributed by atoms with Gasteiger partial charge in [-0.25, -0.2) is 4.39 Å². The molecule has 1 aromatic heterocycles. The molecule has 0 fully saturated rings. The Bertz CT molecular complexity index is 543. The van der Waals surface area contributed by atoms with Crippen molar-refractivity contribution in [2.75, 3.05) is 0 Å². The van der Waals surface area contributed by atoms with E-state index in [4.69, 9.17) is 17.4 Å². The van der Waals surface area contributed by atoms with E-state index in [0.29, 0.717) is 17.0 Å². The average Bonchev–Trinajstić information content (AvgIpc) is 2.69. The Morgan fingerprint density at radius 2 is 2.16 bits per heavy atom. The van der Waals surface area contributed by atoms with E-state index in [0.717, 1.165) is 4.88 Å². The molecule has 0 spiro atoms. The van der Waals surface area contributed by atoms with Gasteiger partial charge in [-0.3, -0.25) is 11.3 Å². The molecule has 1 atom stereocenters. The molecule has 1 unspecified atom stereocenters. The van der Waals surface area contributed by atoms with Gasteiger partial charge in [0, 0.05) is 20.3 Å². The first-order valence-electron chi connectivity index (χ1n) is 5.99. The van der Waals surface area contributed by atoms with Crippen LogP contribution in [0, 0.1) is 19.7 Å². The van der Waals surface area contributed by atoms with Crippen LogP contribution in [0.3, 0.4) is 0 Å². The first kappa shape index (κ1) is 14.5. The van der Waals surface area contributed by atoms with Crippen LogP contribution in [-0.2, 0) is 6.42 Å². The van der Waals surface area contributed by atoms with Crippen LogP contribution >= 0.6 is 22.9 Å². The maximum atomic E-state index is 13.8. The van der Waals surface area contributed by atoms with Crippen molar-refractivity contribution in [3.8, 4) is 0 Å². The molecule has 102 valence electrons. The molecule has 1 heterocycles. The molecule has 0 aliphatic rings. The summed E-state index contributed by atoms with van der Waals surface area (Å²) in [6, 6.07) is 6.66. The Labute approximate surface area is 121 Å². The van der Waals surface area contributed by atoms with Gasteiger partial charge in [0.2, 0.25) is 0 Å². The fourth-order valence-electron chi connectivity index (χ4n) is 1.95. The summed E-state index contributed by atoms with van der Waals surface area (Å²) in [5.74, 6) is 5.31. The van der Waals surface area contributed by atoms with Crippen molar-refractivity contribution in [1.82, 2.24) is 5.43 Å². The summed E-state index contributed by atoms with van der Waals surface area (Å²) in [6.07, 6.45) is 0.432. The number of nitrogens with two attached hydrogens (primary N) is 1.